The van der Waals surface area contributed by atoms with Crippen molar-refractivity contribution in [2.24, 2.45) is 5.92 Å². The number of carbonyl (C=O) groups excluding carboxylic acids is 2. The highest BCUT2D eigenvalue weighted by Gasteiger charge is 2.38. The van der Waals surface area contributed by atoms with Gasteiger partial charge in [-0.3, -0.25) is 14.5 Å². The average molecular weight is 419 g/mol. The van der Waals surface area contributed by atoms with E-state index in [4.69, 9.17) is 9.97 Å². The molecular weight excluding hydrogens is 388 g/mol. The summed E-state index contributed by atoms with van der Waals surface area (Å²) in [6.07, 6.45) is 6.20. The lowest BCUT2D eigenvalue weighted by Gasteiger charge is -2.33. The lowest BCUT2D eigenvalue weighted by atomic mass is 9.84. The monoisotopic (exact) mass is 418 g/mol. The zero-order valence-corrected chi connectivity index (χ0v) is 18.4. The van der Waals surface area contributed by atoms with E-state index in [0.717, 1.165) is 61.3 Å². The van der Waals surface area contributed by atoms with Gasteiger partial charge in [0.25, 0.3) is 0 Å². The Labute approximate surface area is 183 Å². The van der Waals surface area contributed by atoms with Crippen LogP contribution in [0.5, 0.6) is 0 Å². The summed E-state index contributed by atoms with van der Waals surface area (Å²) >= 11 is 0. The maximum absolute atomic E-state index is 13.0. The first-order valence-corrected chi connectivity index (χ1v) is 11.5. The number of rotatable bonds is 4. The van der Waals surface area contributed by atoms with Crippen LogP contribution in [0, 0.1) is 19.8 Å². The molecule has 2 amide bonds. The Hall–Kier alpha value is -2.76. The number of fused-ring (bicyclic) bond motifs is 1. The van der Waals surface area contributed by atoms with Crippen LogP contribution in [0.2, 0.25) is 0 Å². The van der Waals surface area contributed by atoms with Crippen LogP contribution in [0.3, 0.4) is 0 Å². The largest absolute Gasteiger partial charge is 0.332 e. The van der Waals surface area contributed by atoms with Crippen LogP contribution in [0.4, 0.5) is 5.82 Å². The minimum atomic E-state index is -0.0737. The van der Waals surface area contributed by atoms with Crippen molar-refractivity contribution in [1.82, 2.24) is 14.9 Å². The number of carbonyl (C=O) groups is 2. The first-order chi connectivity index (χ1) is 15.0. The highest BCUT2D eigenvalue weighted by atomic mass is 16.2. The van der Waals surface area contributed by atoms with Gasteiger partial charge in [0, 0.05) is 30.1 Å². The van der Waals surface area contributed by atoms with Gasteiger partial charge in [-0.1, -0.05) is 36.2 Å². The Morgan fingerprint density at radius 2 is 1.81 bits per heavy atom. The summed E-state index contributed by atoms with van der Waals surface area (Å²) in [5, 5.41) is 0. The first kappa shape index (κ1) is 20.2. The van der Waals surface area contributed by atoms with E-state index in [0.29, 0.717) is 25.2 Å². The van der Waals surface area contributed by atoms with Gasteiger partial charge in [-0.25, -0.2) is 9.97 Å². The Morgan fingerprint density at radius 1 is 1.03 bits per heavy atom. The second-order valence-electron chi connectivity index (χ2n) is 9.25. The smallest absolute Gasteiger partial charge is 0.228 e. The summed E-state index contributed by atoms with van der Waals surface area (Å²) in [5.74, 6) is 1.98. The third-order valence-corrected chi connectivity index (χ3v) is 7.10. The Kier molecular flexibility index (Phi) is 5.24. The lowest BCUT2D eigenvalue weighted by Crippen LogP contribution is -2.40. The number of hydrogen-bond donors (Lipinski definition) is 0. The second kappa shape index (κ2) is 8.06. The normalized spacial score (nSPS) is 21.2. The van der Waals surface area contributed by atoms with Crippen LogP contribution < -0.4 is 4.90 Å². The van der Waals surface area contributed by atoms with Gasteiger partial charge >= 0.3 is 0 Å². The van der Waals surface area contributed by atoms with Gasteiger partial charge in [0.15, 0.2) is 5.82 Å². The molecule has 2 aromatic rings. The molecule has 1 saturated heterocycles. The molecule has 0 N–H and O–H groups in total. The number of aryl methyl sites for hydroxylation is 2. The molecule has 162 valence electrons. The van der Waals surface area contributed by atoms with Gasteiger partial charge in [0.1, 0.15) is 5.82 Å². The molecule has 0 unspecified atom stereocenters. The molecule has 3 aliphatic rings. The fraction of sp³-hybridized carbons (Fsp3) is 0.520. The van der Waals surface area contributed by atoms with Gasteiger partial charge in [0.05, 0.1) is 12.6 Å². The molecule has 3 heterocycles. The number of amides is 2. The third-order valence-electron chi connectivity index (χ3n) is 7.10. The molecule has 6 nitrogen and oxygen atoms in total. The number of likely N-dealkylation sites (tertiary alicyclic amines) is 1. The van der Waals surface area contributed by atoms with Crippen LogP contribution >= 0.6 is 0 Å². The highest BCUT2D eigenvalue weighted by Crippen LogP contribution is 2.38. The van der Waals surface area contributed by atoms with Crippen LogP contribution in [0.15, 0.2) is 24.3 Å². The van der Waals surface area contributed by atoms with E-state index in [1.807, 2.05) is 16.7 Å². The van der Waals surface area contributed by atoms with E-state index in [1.165, 1.54) is 5.56 Å². The number of aromatic nitrogens is 2. The summed E-state index contributed by atoms with van der Waals surface area (Å²) < 4.78 is 0. The van der Waals surface area contributed by atoms with Crippen LogP contribution in [0.25, 0.3) is 0 Å². The third kappa shape index (κ3) is 3.73. The summed E-state index contributed by atoms with van der Waals surface area (Å²) in [6, 6.07) is 8.22. The number of benzene rings is 1. The van der Waals surface area contributed by atoms with Gasteiger partial charge in [0.2, 0.25) is 11.8 Å². The molecule has 0 radical (unpaired) electrons. The van der Waals surface area contributed by atoms with Crippen molar-refractivity contribution < 1.29 is 9.59 Å². The van der Waals surface area contributed by atoms with Crippen LogP contribution in [-0.4, -0.2) is 33.2 Å². The molecule has 5 rings (SSSR count). The van der Waals surface area contributed by atoms with Crippen molar-refractivity contribution in [2.45, 2.75) is 71.4 Å². The number of hydrogen-bond acceptors (Lipinski definition) is 4. The molecule has 2 fully saturated rings. The Morgan fingerprint density at radius 3 is 2.52 bits per heavy atom. The van der Waals surface area contributed by atoms with Crippen molar-refractivity contribution >= 4 is 17.6 Å². The van der Waals surface area contributed by atoms with Crippen molar-refractivity contribution in [1.29, 1.82) is 0 Å². The predicted octanol–water partition coefficient (Wildman–Crippen LogP) is 4.04. The van der Waals surface area contributed by atoms with Crippen molar-refractivity contribution in [3.63, 3.8) is 0 Å². The molecule has 1 aliphatic carbocycles. The number of anilines is 1. The molecule has 1 aromatic heterocycles. The van der Waals surface area contributed by atoms with Crippen molar-refractivity contribution in [3.05, 3.63) is 52.5 Å². The maximum atomic E-state index is 13.0. The molecule has 1 saturated carbocycles. The minimum Gasteiger partial charge on any atom is -0.332 e. The van der Waals surface area contributed by atoms with E-state index in [9.17, 15) is 9.59 Å². The predicted molar refractivity (Wildman–Crippen MR) is 118 cm³/mol. The first-order valence-electron chi connectivity index (χ1n) is 11.5. The molecule has 1 aromatic carbocycles. The Bertz CT molecular complexity index is 1010. The zero-order chi connectivity index (χ0) is 21.5. The fourth-order valence-corrected chi connectivity index (χ4v) is 4.98. The molecule has 0 bridgehead atoms. The van der Waals surface area contributed by atoms with Crippen molar-refractivity contribution in [3.8, 4) is 0 Å². The molecule has 31 heavy (non-hydrogen) atoms. The quantitative estimate of drug-likeness (QED) is 0.752. The average Bonchev–Trinajstić information content (AvgIpc) is 3.20. The lowest BCUT2D eigenvalue weighted by molar-refractivity contribution is -0.139. The van der Waals surface area contributed by atoms with E-state index in [-0.39, 0.29) is 23.8 Å². The highest BCUT2D eigenvalue weighted by molar-refractivity contribution is 5.95. The molecule has 2 aliphatic heterocycles. The van der Waals surface area contributed by atoms with E-state index >= 15 is 0 Å². The van der Waals surface area contributed by atoms with Gasteiger partial charge in [-0.05, 0) is 51.5 Å². The zero-order valence-electron chi connectivity index (χ0n) is 18.4. The molecule has 1 atom stereocenters. The van der Waals surface area contributed by atoms with Crippen LogP contribution in [-0.2, 0) is 22.6 Å². The summed E-state index contributed by atoms with van der Waals surface area (Å²) in [7, 11) is 0. The van der Waals surface area contributed by atoms with Gasteiger partial charge < -0.3 is 4.90 Å². The van der Waals surface area contributed by atoms with E-state index in [2.05, 4.69) is 31.2 Å². The topological polar surface area (TPSA) is 66.4 Å². The van der Waals surface area contributed by atoms with E-state index in [1.54, 1.807) is 0 Å². The maximum Gasteiger partial charge on any atom is 0.228 e. The van der Waals surface area contributed by atoms with Crippen molar-refractivity contribution in [2.75, 3.05) is 11.4 Å². The standard InChI is InChI=1S/C25H30N4O2/c1-16-8-10-18(11-9-16)15-29-22(30)13-12-20-17(2)26-23(27-24(20)29)21-7-4-14-28(21)25(31)19-5-3-6-19/h8-11,19,21H,3-7,12-15H2,1-2H3/t21-/m1/s1. The number of nitrogens with zero attached hydrogens (tertiary/aromatic N) is 4. The Balaban J connectivity index is 1.48. The SMILES string of the molecule is Cc1ccc(CN2C(=O)CCc3c(C)nc([C@H]4CCCN4C(=O)C4CCC4)nc32)cc1. The van der Waals surface area contributed by atoms with Gasteiger partial charge in [-0.2, -0.15) is 0 Å². The van der Waals surface area contributed by atoms with Gasteiger partial charge in [-0.15, -0.1) is 0 Å². The van der Waals surface area contributed by atoms with E-state index < -0.39 is 0 Å². The minimum absolute atomic E-state index is 0.0737. The molecule has 6 heteroatoms. The summed E-state index contributed by atoms with van der Waals surface area (Å²) in [6.45, 7) is 5.37. The molecule has 0 spiro atoms. The molecular formula is C25H30N4O2. The fourth-order valence-electron chi connectivity index (χ4n) is 4.98. The summed E-state index contributed by atoms with van der Waals surface area (Å²) in [4.78, 5) is 39.4. The summed E-state index contributed by atoms with van der Waals surface area (Å²) in [5.41, 5.74) is 4.29. The van der Waals surface area contributed by atoms with Crippen LogP contribution in [0.1, 0.15) is 72.8 Å². The second-order valence-corrected chi connectivity index (χ2v) is 9.25.